The molecule has 1 aliphatic rings. The number of thiophene rings is 1. The van der Waals surface area contributed by atoms with E-state index < -0.39 is 0 Å². The Balaban J connectivity index is 1.28. The standard InChI is InChI=1S/C26H21ClN4O2S/c27-22-11-10-21(34-22)25(32)30-20-8-4-7-19-16-31(26(33)24(19)20)15-18-6-3-5-17(13-18)14-29-23-9-1-2-12-28-23/h1-13H,14-16H2,(H,28,29)(H,30,32). The Kier molecular flexibility index (Phi) is 6.29. The number of nitrogens with zero attached hydrogens (tertiary/aromatic N) is 2. The summed E-state index contributed by atoms with van der Waals surface area (Å²) >= 11 is 7.16. The molecule has 34 heavy (non-hydrogen) atoms. The van der Waals surface area contributed by atoms with E-state index in [-0.39, 0.29) is 11.8 Å². The molecule has 0 saturated heterocycles. The van der Waals surface area contributed by atoms with Gasteiger partial charge in [-0.25, -0.2) is 4.98 Å². The summed E-state index contributed by atoms with van der Waals surface area (Å²) in [6.07, 6.45) is 1.75. The van der Waals surface area contributed by atoms with Crippen molar-refractivity contribution in [3.63, 3.8) is 0 Å². The summed E-state index contributed by atoms with van der Waals surface area (Å²) in [5.41, 5.74) is 4.12. The molecule has 0 radical (unpaired) electrons. The molecule has 0 bridgehead atoms. The first-order valence-corrected chi connectivity index (χ1v) is 12.0. The third kappa shape index (κ3) is 4.81. The van der Waals surface area contributed by atoms with Crippen LogP contribution >= 0.6 is 22.9 Å². The zero-order valence-electron chi connectivity index (χ0n) is 18.1. The number of rotatable bonds is 7. The van der Waals surface area contributed by atoms with E-state index in [4.69, 9.17) is 11.6 Å². The van der Waals surface area contributed by atoms with Crippen molar-refractivity contribution in [1.82, 2.24) is 9.88 Å². The fraction of sp³-hybridized carbons (Fsp3) is 0.115. The normalized spacial score (nSPS) is 12.5. The third-order valence-corrected chi connectivity index (χ3v) is 6.79. The highest BCUT2D eigenvalue weighted by Gasteiger charge is 2.30. The minimum atomic E-state index is -0.273. The van der Waals surface area contributed by atoms with Gasteiger partial charge in [0.25, 0.3) is 11.8 Å². The van der Waals surface area contributed by atoms with Crippen molar-refractivity contribution in [3.8, 4) is 0 Å². The number of nitrogens with one attached hydrogen (secondary N) is 2. The van der Waals surface area contributed by atoms with Crippen molar-refractivity contribution in [3.05, 3.63) is 110 Å². The Morgan fingerprint density at radius 2 is 1.88 bits per heavy atom. The molecule has 0 aliphatic carbocycles. The molecule has 170 valence electrons. The van der Waals surface area contributed by atoms with Gasteiger partial charge >= 0.3 is 0 Å². The van der Waals surface area contributed by atoms with Gasteiger partial charge in [-0.1, -0.05) is 54.1 Å². The van der Waals surface area contributed by atoms with E-state index in [9.17, 15) is 9.59 Å². The summed E-state index contributed by atoms with van der Waals surface area (Å²) in [6.45, 7) is 1.62. The number of pyridine rings is 1. The van der Waals surface area contributed by atoms with Gasteiger partial charge in [0.05, 0.1) is 20.5 Å². The molecule has 4 aromatic rings. The second-order valence-electron chi connectivity index (χ2n) is 7.95. The lowest BCUT2D eigenvalue weighted by atomic mass is 10.1. The average Bonchev–Trinajstić information content (AvgIpc) is 3.42. The monoisotopic (exact) mass is 488 g/mol. The number of anilines is 2. The smallest absolute Gasteiger partial charge is 0.265 e. The number of halogens is 1. The first kappa shape index (κ1) is 22.1. The van der Waals surface area contributed by atoms with Gasteiger partial charge in [0, 0.05) is 25.8 Å². The van der Waals surface area contributed by atoms with Gasteiger partial charge in [0.2, 0.25) is 0 Å². The highest BCUT2D eigenvalue weighted by molar-refractivity contribution is 7.18. The maximum atomic E-state index is 13.3. The first-order chi connectivity index (χ1) is 16.6. The largest absolute Gasteiger partial charge is 0.366 e. The van der Waals surface area contributed by atoms with Crippen LogP contribution < -0.4 is 10.6 Å². The molecular weight excluding hydrogens is 468 g/mol. The Morgan fingerprint density at radius 3 is 2.68 bits per heavy atom. The van der Waals surface area contributed by atoms with Crippen LogP contribution in [0.1, 0.15) is 36.7 Å². The van der Waals surface area contributed by atoms with Crippen LogP contribution in [0.4, 0.5) is 11.5 Å². The first-order valence-electron chi connectivity index (χ1n) is 10.8. The number of amides is 2. The van der Waals surface area contributed by atoms with Crippen LogP contribution in [0, 0.1) is 0 Å². The molecule has 2 N–H and O–H groups in total. The average molecular weight is 489 g/mol. The van der Waals surface area contributed by atoms with Crippen LogP contribution in [0.2, 0.25) is 4.34 Å². The highest BCUT2D eigenvalue weighted by atomic mass is 35.5. The number of hydrogen-bond donors (Lipinski definition) is 2. The van der Waals surface area contributed by atoms with Gasteiger partial charge in [-0.3, -0.25) is 9.59 Å². The van der Waals surface area contributed by atoms with E-state index in [1.165, 1.54) is 11.3 Å². The molecule has 0 atom stereocenters. The Labute approximate surface area is 206 Å². The summed E-state index contributed by atoms with van der Waals surface area (Å²) in [5.74, 6) is 0.453. The van der Waals surface area contributed by atoms with Gasteiger partial charge in [-0.2, -0.15) is 0 Å². The summed E-state index contributed by atoms with van der Waals surface area (Å²) in [4.78, 5) is 32.5. The van der Waals surface area contributed by atoms with Crippen LogP contribution in [-0.2, 0) is 19.6 Å². The molecule has 3 heterocycles. The van der Waals surface area contributed by atoms with Crippen molar-refractivity contribution >= 4 is 46.3 Å². The van der Waals surface area contributed by atoms with E-state index in [2.05, 4.69) is 21.7 Å². The summed E-state index contributed by atoms with van der Waals surface area (Å²) in [5, 5.41) is 6.19. The zero-order chi connectivity index (χ0) is 23.5. The maximum absolute atomic E-state index is 13.3. The number of carbonyl (C=O) groups excluding carboxylic acids is 2. The summed E-state index contributed by atoms with van der Waals surface area (Å²) in [6, 6.07) is 22.8. The molecule has 2 aromatic heterocycles. The molecule has 0 unspecified atom stereocenters. The number of benzene rings is 2. The van der Waals surface area contributed by atoms with E-state index in [1.807, 2.05) is 48.5 Å². The number of fused-ring (bicyclic) bond motifs is 1. The number of aromatic nitrogens is 1. The number of hydrogen-bond acceptors (Lipinski definition) is 5. The predicted molar refractivity (Wildman–Crippen MR) is 135 cm³/mol. The minimum Gasteiger partial charge on any atom is -0.366 e. The van der Waals surface area contributed by atoms with Crippen molar-refractivity contribution < 1.29 is 9.59 Å². The molecule has 0 fully saturated rings. The van der Waals surface area contributed by atoms with Crippen LogP contribution in [0.3, 0.4) is 0 Å². The fourth-order valence-electron chi connectivity index (χ4n) is 3.99. The van der Waals surface area contributed by atoms with E-state index in [0.717, 1.165) is 22.5 Å². The van der Waals surface area contributed by atoms with Crippen LogP contribution in [0.25, 0.3) is 0 Å². The van der Waals surface area contributed by atoms with Crippen molar-refractivity contribution in [1.29, 1.82) is 0 Å². The van der Waals surface area contributed by atoms with E-state index >= 15 is 0 Å². The van der Waals surface area contributed by atoms with E-state index in [0.29, 0.717) is 40.1 Å². The molecule has 2 aromatic carbocycles. The summed E-state index contributed by atoms with van der Waals surface area (Å²) in [7, 11) is 0. The second-order valence-corrected chi connectivity index (χ2v) is 9.66. The zero-order valence-corrected chi connectivity index (χ0v) is 19.7. The predicted octanol–water partition coefficient (Wildman–Crippen LogP) is 5.82. The number of carbonyl (C=O) groups is 2. The Morgan fingerprint density at radius 1 is 1.03 bits per heavy atom. The lowest BCUT2D eigenvalue weighted by molar-refractivity contribution is 0.0767. The fourth-order valence-corrected chi connectivity index (χ4v) is 4.93. The summed E-state index contributed by atoms with van der Waals surface area (Å²) < 4.78 is 0.545. The third-order valence-electron chi connectivity index (χ3n) is 5.56. The molecule has 6 nitrogen and oxygen atoms in total. The topological polar surface area (TPSA) is 74.3 Å². The molecule has 0 saturated carbocycles. The maximum Gasteiger partial charge on any atom is 0.265 e. The van der Waals surface area contributed by atoms with Gasteiger partial charge in [-0.05, 0) is 47.0 Å². The SMILES string of the molecule is O=C(Nc1cccc2c1C(=O)N(Cc1cccc(CNc3ccccn3)c1)C2)c1ccc(Cl)s1. The van der Waals surface area contributed by atoms with Gasteiger partial charge in [0.15, 0.2) is 0 Å². The molecule has 1 aliphatic heterocycles. The molecule has 8 heteroatoms. The van der Waals surface area contributed by atoms with Crippen LogP contribution in [0.5, 0.6) is 0 Å². The van der Waals surface area contributed by atoms with Crippen molar-refractivity contribution in [2.45, 2.75) is 19.6 Å². The van der Waals surface area contributed by atoms with Crippen molar-refractivity contribution in [2.24, 2.45) is 0 Å². The van der Waals surface area contributed by atoms with Crippen LogP contribution in [0.15, 0.2) is 79.0 Å². The quantitative estimate of drug-likeness (QED) is 0.344. The minimum absolute atomic E-state index is 0.0906. The Hall–Kier alpha value is -3.68. The molecule has 0 spiro atoms. The second kappa shape index (κ2) is 9.67. The van der Waals surface area contributed by atoms with Crippen molar-refractivity contribution in [2.75, 3.05) is 10.6 Å². The Bertz CT molecular complexity index is 1360. The van der Waals surface area contributed by atoms with Gasteiger partial charge in [-0.15, -0.1) is 11.3 Å². The van der Waals surface area contributed by atoms with Gasteiger partial charge < -0.3 is 15.5 Å². The van der Waals surface area contributed by atoms with Gasteiger partial charge in [0.1, 0.15) is 5.82 Å². The lowest BCUT2D eigenvalue weighted by Gasteiger charge is -2.17. The van der Waals surface area contributed by atoms with E-state index in [1.54, 1.807) is 29.3 Å². The lowest BCUT2D eigenvalue weighted by Crippen LogP contribution is -2.24. The molecular formula is C26H21ClN4O2S. The highest BCUT2D eigenvalue weighted by Crippen LogP contribution is 2.31. The molecule has 5 rings (SSSR count). The van der Waals surface area contributed by atoms with Crippen LogP contribution in [-0.4, -0.2) is 21.7 Å². The molecule has 2 amide bonds.